The second kappa shape index (κ2) is 4.59. The SMILES string of the molecule is CC(=O)Nc1ccc2cccc(S(=O)(=O)Cl)c2c1. The van der Waals surface area contributed by atoms with Crippen molar-refractivity contribution >= 4 is 42.1 Å². The van der Waals surface area contributed by atoms with Gasteiger partial charge in [0, 0.05) is 28.7 Å². The maximum Gasteiger partial charge on any atom is 0.261 e. The number of anilines is 1. The molecule has 0 aromatic heterocycles. The van der Waals surface area contributed by atoms with Gasteiger partial charge < -0.3 is 5.32 Å². The predicted molar refractivity (Wildman–Crippen MR) is 71.3 cm³/mol. The lowest BCUT2D eigenvalue weighted by Crippen LogP contribution is -2.05. The molecule has 0 unspecified atom stereocenters. The Morgan fingerprint density at radius 1 is 1.22 bits per heavy atom. The van der Waals surface area contributed by atoms with Gasteiger partial charge >= 0.3 is 0 Å². The Kier molecular flexibility index (Phi) is 3.28. The number of amides is 1. The molecule has 0 aliphatic heterocycles. The molecule has 0 fully saturated rings. The van der Waals surface area contributed by atoms with Crippen LogP contribution in [-0.4, -0.2) is 14.3 Å². The predicted octanol–water partition coefficient (Wildman–Crippen LogP) is 2.73. The van der Waals surface area contributed by atoms with Crippen LogP contribution in [0.15, 0.2) is 41.3 Å². The van der Waals surface area contributed by atoms with E-state index in [-0.39, 0.29) is 10.8 Å². The van der Waals surface area contributed by atoms with Crippen LogP contribution in [0.1, 0.15) is 6.92 Å². The Bertz CT molecular complexity index is 725. The lowest BCUT2D eigenvalue weighted by Gasteiger charge is -2.07. The van der Waals surface area contributed by atoms with Gasteiger partial charge in [-0.2, -0.15) is 0 Å². The van der Waals surface area contributed by atoms with E-state index in [2.05, 4.69) is 5.32 Å². The Balaban J connectivity index is 2.70. The third kappa shape index (κ3) is 2.63. The molecule has 0 aliphatic rings. The minimum atomic E-state index is -3.82. The molecule has 2 aromatic rings. The number of hydrogen-bond donors (Lipinski definition) is 1. The molecule has 94 valence electrons. The van der Waals surface area contributed by atoms with Crippen LogP contribution in [0.25, 0.3) is 10.8 Å². The number of nitrogens with one attached hydrogen (secondary N) is 1. The molecule has 2 aromatic carbocycles. The molecule has 0 bridgehead atoms. The largest absolute Gasteiger partial charge is 0.326 e. The highest BCUT2D eigenvalue weighted by molar-refractivity contribution is 8.14. The Hall–Kier alpha value is -1.59. The van der Waals surface area contributed by atoms with E-state index >= 15 is 0 Å². The lowest BCUT2D eigenvalue weighted by molar-refractivity contribution is -0.114. The van der Waals surface area contributed by atoms with Crippen molar-refractivity contribution in [3.63, 3.8) is 0 Å². The minimum Gasteiger partial charge on any atom is -0.326 e. The normalized spacial score (nSPS) is 11.4. The van der Waals surface area contributed by atoms with Crippen molar-refractivity contribution in [1.29, 1.82) is 0 Å². The van der Waals surface area contributed by atoms with Crippen LogP contribution >= 0.6 is 10.7 Å². The second-order valence-corrected chi connectivity index (χ2v) is 6.35. The maximum atomic E-state index is 11.5. The van der Waals surface area contributed by atoms with Crippen molar-refractivity contribution in [2.45, 2.75) is 11.8 Å². The van der Waals surface area contributed by atoms with E-state index in [9.17, 15) is 13.2 Å². The molecule has 0 heterocycles. The molecule has 18 heavy (non-hydrogen) atoms. The highest BCUT2D eigenvalue weighted by Gasteiger charge is 2.14. The first-order valence-electron chi connectivity index (χ1n) is 5.13. The van der Waals surface area contributed by atoms with Gasteiger partial charge in [-0.1, -0.05) is 18.2 Å². The van der Waals surface area contributed by atoms with E-state index in [4.69, 9.17) is 10.7 Å². The fraction of sp³-hybridized carbons (Fsp3) is 0.0833. The molecule has 0 spiro atoms. The summed E-state index contributed by atoms with van der Waals surface area (Å²) in [7, 11) is 1.57. The molecule has 1 N–H and O–H groups in total. The summed E-state index contributed by atoms with van der Waals surface area (Å²) in [5.74, 6) is -0.222. The lowest BCUT2D eigenvalue weighted by atomic mass is 10.1. The van der Waals surface area contributed by atoms with E-state index in [1.807, 2.05) is 0 Å². The molecular formula is C12H10ClNO3S. The van der Waals surface area contributed by atoms with E-state index in [0.717, 1.165) is 5.39 Å². The first-order chi connectivity index (χ1) is 8.38. The zero-order valence-corrected chi connectivity index (χ0v) is 11.0. The number of carbonyl (C=O) groups is 1. The summed E-state index contributed by atoms with van der Waals surface area (Å²) in [5.41, 5.74) is 0.530. The number of halogens is 1. The van der Waals surface area contributed by atoms with Crippen molar-refractivity contribution in [2.24, 2.45) is 0 Å². The average molecular weight is 284 g/mol. The van der Waals surface area contributed by atoms with Gasteiger partial charge in [-0.25, -0.2) is 8.42 Å². The molecule has 0 aliphatic carbocycles. The molecule has 1 amide bonds. The van der Waals surface area contributed by atoms with Gasteiger partial charge in [0.25, 0.3) is 9.05 Å². The molecule has 0 saturated heterocycles. The van der Waals surface area contributed by atoms with Crippen LogP contribution in [-0.2, 0) is 13.8 Å². The van der Waals surface area contributed by atoms with Crippen molar-refractivity contribution in [1.82, 2.24) is 0 Å². The molecule has 2 rings (SSSR count). The maximum absolute atomic E-state index is 11.5. The minimum absolute atomic E-state index is 0.0360. The zero-order valence-electron chi connectivity index (χ0n) is 9.48. The van der Waals surface area contributed by atoms with Gasteiger partial charge in [-0.05, 0) is 23.6 Å². The van der Waals surface area contributed by atoms with Crippen molar-refractivity contribution < 1.29 is 13.2 Å². The monoisotopic (exact) mass is 283 g/mol. The van der Waals surface area contributed by atoms with Gasteiger partial charge in [0.05, 0.1) is 4.90 Å². The van der Waals surface area contributed by atoms with E-state index in [1.54, 1.807) is 30.3 Å². The summed E-state index contributed by atoms with van der Waals surface area (Å²) in [6.45, 7) is 1.38. The van der Waals surface area contributed by atoms with Crippen molar-refractivity contribution in [2.75, 3.05) is 5.32 Å². The highest BCUT2D eigenvalue weighted by Crippen LogP contribution is 2.28. The standard InChI is InChI=1S/C12H10ClNO3S/c1-8(15)14-10-6-5-9-3-2-4-12(11(9)7-10)18(13,16)17/h2-7H,1H3,(H,14,15). The van der Waals surface area contributed by atoms with Gasteiger partial charge in [0.2, 0.25) is 5.91 Å². The van der Waals surface area contributed by atoms with Crippen LogP contribution in [0, 0.1) is 0 Å². The molecular weight excluding hydrogens is 274 g/mol. The quantitative estimate of drug-likeness (QED) is 0.862. The summed E-state index contributed by atoms with van der Waals surface area (Å²) in [6.07, 6.45) is 0. The van der Waals surface area contributed by atoms with Crippen LogP contribution in [0.3, 0.4) is 0 Å². The van der Waals surface area contributed by atoms with E-state index in [1.165, 1.54) is 13.0 Å². The highest BCUT2D eigenvalue weighted by atomic mass is 35.7. The third-order valence-corrected chi connectivity index (χ3v) is 3.81. The van der Waals surface area contributed by atoms with Gasteiger partial charge in [0.1, 0.15) is 0 Å². The number of carbonyl (C=O) groups excluding carboxylic acids is 1. The van der Waals surface area contributed by atoms with Gasteiger partial charge in [0.15, 0.2) is 0 Å². The smallest absolute Gasteiger partial charge is 0.261 e. The average Bonchev–Trinajstić information content (AvgIpc) is 2.26. The number of rotatable bonds is 2. The van der Waals surface area contributed by atoms with Crippen molar-refractivity contribution in [3.05, 3.63) is 36.4 Å². The number of benzene rings is 2. The molecule has 0 atom stereocenters. The Morgan fingerprint density at radius 3 is 2.56 bits per heavy atom. The van der Waals surface area contributed by atoms with Crippen LogP contribution < -0.4 is 5.32 Å². The summed E-state index contributed by atoms with van der Waals surface area (Å²) < 4.78 is 22.9. The summed E-state index contributed by atoms with van der Waals surface area (Å²) >= 11 is 0. The van der Waals surface area contributed by atoms with Crippen LogP contribution in [0.2, 0.25) is 0 Å². The molecule has 6 heteroatoms. The number of fused-ring (bicyclic) bond motifs is 1. The summed E-state index contributed by atoms with van der Waals surface area (Å²) in [6, 6.07) is 9.85. The fourth-order valence-electron chi connectivity index (χ4n) is 1.74. The first-order valence-corrected chi connectivity index (χ1v) is 7.44. The third-order valence-electron chi connectivity index (χ3n) is 2.43. The topological polar surface area (TPSA) is 63.2 Å². The molecule has 0 radical (unpaired) electrons. The first kappa shape index (κ1) is 12.9. The number of hydrogen-bond acceptors (Lipinski definition) is 3. The second-order valence-electron chi connectivity index (χ2n) is 3.81. The van der Waals surface area contributed by atoms with Crippen LogP contribution in [0.4, 0.5) is 5.69 Å². The van der Waals surface area contributed by atoms with Gasteiger partial charge in [-0.15, -0.1) is 0 Å². The van der Waals surface area contributed by atoms with Gasteiger partial charge in [-0.3, -0.25) is 4.79 Å². The Labute approximate surface area is 109 Å². The van der Waals surface area contributed by atoms with E-state index < -0.39 is 9.05 Å². The molecule has 0 saturated carbocycles. The summed E-state index contributed by atoms with van der Waals surface area (Å²) in [5, 5.41) is 3.83. The Morgan fingerprint density at radius 2 is 1.94 bits per heavy atom. The fourth-order valence-corrected chi connectivity index (χ4v) is 2.82. The van der Waals surface area contributed by atoms with Crippen LogP contribution in [0.5, 0.6) is 0 Å². The summed E-state index contributed by atoms with van der Waals surface area (Å²) in [4.78, 5) is 11.0. The zero-order chi connectivity index (χ0) is 13.3. The van der Waals surface area contributed by atoms with Crippen molar-refractivity contribution in [3.8, 4) is 0 Å². The van der Waals surface area contributed by atoms with E-state index in [0.29, 0.717) is 11.1 Å². The molecule has 4 nitrogen and oxygen atoms in total.